The molecule has 1 amide bonds. The third-order valence-electron chi connectivity index (χ3n) is 3.93. The fraction of sp³-hybridized carbons (Fsp3) is 0.533. The van der Waals surface area contributed by atoms with Gasteiger partial charge >= 0.3 is 0 Å². The van der Waals surface area contributed by atoms with Gasteiger partial charge in [-0.25, -0.2) is 0 Å². The molecule has 3 rings (SSSR count). The Morgan fingerprint density at radius 1 is 1.32 bits per heavy atom. The van der Waals surface area contributed by atoms with E-state index in [0.717, 1.165) is 5.56 Å². The first-order chi connectivity index (χ1) is 10.7. The minimum absolute atomic E-state index is 0.273. The molecule has 1 aromatic carbocycles. The van der Waals surface area contributed by atoms with Crippen molar-refractivity contribution < 1.29 is 28.8 Å². The van der Waals surface area contributed by atoms with Crippen LogP contribution in [0.5, 0.6) is 0 Å². The molecule has 0 spiro atoms. The van der Waals surface area contributed by atoms with Crippen LogP contribution in [0, 0.1) is 0 Å². The highest BCUT2D eigenvalue weighted by molar-refractivity contribution is 5.47. The molecule has 22 heavy (non-hydrogen) atoms. The van der Waals surface area contributed by atoms with Gasteiger partial charge in [-0.2, -0.15) is 0 Å². The van der Waals surface area contributed by atoms with Gasteiger partial charge in [0.1, 0.15) is 24.4 Å². The van der Waals surface area contributed by atoms with Crippen LogP contribution >= 0.6 is 0 Å². The highest BCUT2D eigenvalue weighted by Gasteiger charge is 2.49. The molecule has 120 valence electrons. The molecular weight excluding hydrogens is 290 g/mol. The third kappa shape index (κ3) is 2.86. The van der Waals surface area contributed by atoms with E-state index in [9.17, 15) is 9.90 Å². The average Bonchev–Trinajstić information content (AvgIpc) is 2.58. The van der Waals surface area contributed by atoms with Gasteiger partial charge in [0, 0.05) is 12.7 Å². The van der Waals surface area contributed by atoms with E-state index in [2.05, 4.69) is 5.32 Å². The van der Waals surface area contributed by atoms with Crippen LogP contribution in [-0.4, -0.2) is 55.9 Å². The van der Waals surface area contributed by atoms with E-state index in [1.165, 1.54) is 7.11 Å². The van der Waals surface area contributed by atoms with E-state index in [-0.39, 0.29) is 6.61 Å². The van der Waals surface area contributed by atoms with Crippen LogP contribution in [0.2, 0.25) is 0 Å². The number of fused-ring (bicyclic) bond motifs is 1. The lowest BCUT2D eigenvalue weighted by atomic mass is 9.96. The van der Waals surface area contributed by atoms with Crippen molar-refractivity contribution in [1.82, 2.24) is 5.32 Å². The predicted molar refractivity (Wildman–Crippen MR) is 74.7 cm³/mol. The lowest BCUT2D eigenvalue weighted by Crippen LogP contribution is -2.65. The van der Waals surface area contributed by atoms with Crippen LogP contribution in [0.4, 0.5) is 0 Å². The van der Waals surface area contributed by atoms with Gasteiger partial charge in [-0.3, -0.25) is 4.79 Å². The van der Waals surface area contributed by atoms with Gasteiger partial charge in [-0.1, -0.05) is 30.3 Å². The molecule has 6 atom stereocenters. The largest absolute Gasteiger partial charge is 0.388 e. The molecular formula is C15H19NO6. The average molecular weight is 309 g/mol. The summed E-state index contributed by atoms with van der Waals surface area (Å²) in [6.45, 7) is 0.273. The van der Waals surface area contributed by atoms with Crippen LogP contribution in [-0.2, 0) is 23.7 Å². The molecule has 2 N–H and O–H groups in total. The summed E-state index contributed by atoms with van der Waals surface area (Å²) in [6.07, 6.45) is -2.83. The van der Waals surface area contributed by atoms with E-state index in [4.69, 9.17) is 18.9 Å². The van der Waals surface area contributed by atoms with E-state index in [1.807, 2.05) is 30.3 Å². The van der Waals surface area contributed by atoms with Crippen molar-refractivity contribution in [3.05, 3.63) is 35.9 Å². The molecule has 0 saturated carbocycles. The molecule has 2 saturated heterocycles. The molecule has 0 bridgehead atoms. The molecule has 2 heterocycles. The van der Waals surface area contributed by atoms with Gasteiger partial charge in [0.15, 0.2) is 12.6 Å². The number of hydrogen-bond acceptors (Lipinski definition) is 6. The summed E-state index contributed by atoms with van der Waals surface area (Å²) >= 11 is 0. The maximum absolute atomic E-state index is 10.7. The molecule has 0 aliphatic carbocycles. The minimum Gasteiger partial charge on any atom is -0.388 e. The number of nitrogens with one attached hydrogen (secondary N) is 1. The van der Waals surface area contributed by atoms with Crippen molar-refractivity contribution in [3.63, 3.8) is 0 Å². The lowest BCUT2D eigenvalue weighted by Gasteiger charge is -2.47. The van der Waals surface area contributed by atoms with Gasteiger partial charge < -0.3 is 29.4 Å². The van der Waals surface area contributed by atoms with E-state index >= 15 is 0 Å². The zero-order valence-corrected chi connectivity index (χ0v) is 12.1. The number of carbonyl (C=O) groups excluding carboxylic acids is 1. The highest BCUT2D eigenvalue weighted by atomic mass is 16.7. The van der Waals surface area contributed by atoms with Gasteiger partial charge in [0.05, 0.1) is 6.61 Å². The zero-order valence-electron chi connectivity index (χ0n) is 12.1. The fourth-order valence-corrected chi connectivity index (χ4v) is 2.83. The second kappa shape index (κ2) is 6.72. The number of aliphatic hydroxyl groups excluding tert-OH is 1. The molecule has 0 radical (unpaired) electrons. The summed E-state index contributed by atoms with van der Waals surface area (Å²) < 4.78 is 22.4. The number of rotatable bonds is 4. The van der Waals surface area contributed by atoms with Gasteiger partial charge in [-0.15, -0.1) is 0 Å². The van der Waals surface area contributed by atoms with Gasteiger partial charge in [0.2, 0.25) is 6.41 Å². The van der Waals surface area contributed by atoms with Crippen molar-refractivity contribution in [2.45, 2.75) is 36.9 Å². The highest BCUT2D eigenvalue weighted by Crippen LogP contribution is 2.34. The van der Waals surface area contributed by atoms with Crippen molar-refractivity contribution in [3.8, 4) is 0 Å². The first-order valence-corrected chi connectivity index (χ1v) is 7.12. The van der Waals surface area contributed by atoms with Crippen molar-refractivity contribution >= 4 is 6.41 Å². The van der Waals surface area contributed by atoms with Crippen molar-refractivity contribution in [1.29, 1.82) is 0 Å². The Bertz CT molecular complexity index is 498. The Morgan fingerprint density at radius 3 is 2.77 bits per heavy atom. The Morgan fingerprint density at radius 2 is 2.09 bits per heavy atom. The summed E-state index contributed by atoms with van der Waals surface area (Å²) in [5, 5.41) is 13.0. The first kappa shape index (κ1) is 15.4. The monoisotopic (exact) mass is 309 g/mol. The Kier molecular flexibility index (Phi) is 4.70. The van der Waals surface area contributed by atoms with Crippen LogP contribution in [0.25, 0.3) is 0 Å². The summed E-state index contributed by atoms with van der Waals surface area (Å²) in [7, 11) is 1.45. The second-order valence-corrected chi connectivity index (χ2v) is 5.26. The van der Waals surface area contributed by atoms with Crippen LogP contribution in [0.15, 0.2) is 30.3 Å². The Labute approximate surface area is 128 Å². The predicted octanol–water partition coefficient (Wildman–Crippen LogP) is -0.0526. The van der Waals surface area contributed by atoms with Crippen LogP contribution in [0.1, 0.15) is 11.9 Å². The quantitative estimate of drug-likeness (QED) is 0.758. The number of methoxy groups -OCH3 is 1. The standard InChI is InChI=1S/C15H19NO6/c1-19-15-11(16-8-17)12(18)13-10(21-15)7-20-14(22-13)9-5-3-2-4-6-9/h2-6,8,10-15,18H,7H2,1H3,(H,16,17). The van der Waals surface area contributed by atoms with Crippen LogP contribution < -0.4 is 5.32 Å². The number of benzene rings is 1. The lowest BCUT2D eigenvalue weighted by molar-refractivity contribution is -0.341. The fourth-order valence-electron chi connectivity index (χ4n) is 2.83. The van der Waals surface area contributed by atoms with E-state index in [1.54, 1.807) is 0 Å². The molecule has 0 aromatic heterocycles. The smallest absolute Gasteiger partial charge is 0.207 e. The maximum Gasteiger partial charge on any atom is 0.207 e. The molecule has 6 unspecified atom stereocenters. The number of ether oxygens (including phenoxy) is 4. The summed E-state index contributed by atoms with van der Waals surface area (Å²) in [4.78, 5) is 10.7. The number of aliphatic hydroxyl groups is 1. The zero-order chi connectivity index (χ0) is 15.5. The number of amides is 1. The van der Waals surface area contributed by atoms with E-state index < -0.39 is 36.9 Å². The van der Waals surface area contributed by atoms with Gasteiger partial charge in [-0.05, 0) is 0 Å². The summed E-state index contributed by atoms with van der Waals surface area (Å²) in [5.41, 5.74) is 0.863. The first-order valence-electron chi connectivity index (χ1n) is 7.12. The third-order valence-corrected chi connectivity index (χ3v) is 3.93. The molecule has 2 aliphatic heterocycles. The van der Waals surface area contributed by atoms with Gasteiger partial charge in [0.25, 0.3) is 0 Å². The van der Waals surface area contributed by atoms with E-state index in [0.29, 0.717) is 6.41 Å². The molecule has 2 fully saturated rings. The Balaban J connectivity index is 1.76. The number of hydrogen-bond donors (Lipinski definition) is 2. The molecule has 7 nitrogen and oxygen atoms in total. The molecule has 1 aromatic rings. The van der Waals surface area contributed by atoms with Crippen molar-refractivity contribution in [2.75, 3.05) is 13.7 Å². The Hall–Kier alpha value is -1.51. The van der Waals surface area contributed by atoms with Crippen LogP contribution in [0.3, 0.4) is 0 Å². The van der Waals surface area contributed by atoms with Crippen molar-refractivity contribution in [2.24, 2.45) is 0 Å². The maximum atomic E-state index is 10.7. The molecule has 7 heteroatoms. The molecule has 2 aliphatic rings. The second-order valence-electron chi connectivity index (χ2n) is 5.26. The topological polar surface area (TPSA) is 86.2 Å². The minimum atomic E-state index is -0.955. The summed E-state index contributed by atoms with van der Waals surface area (Å²) in [6, 6.07) is 8.76. The summed E-state index contributed by atoms with van der Waals surface area (Å²) in [5.74, 6) is 0. The SMILES string of the molecule is COC1OC2COC(c3ccccc3)OC2C(O)C1NC=O. The normalized spacial score (nSPS) is 38.1. The number of carbonyl (C=O) groups is 1.